The van der Waals surface area contributed by atoms with Crippen molar-refractivity contribution in [3.63, 3.8) is 0 Å². The van der Waals surface area contributed by atoms with E-state index in [1.54, 1.807) is 4.68 Å². The maximum atomic E-state index is 12.4. The fourth-order valence-electron chi connectivity index (χ4n) is 5.00. The monoisotopic (exact) mass is 500 g/mol. The van der Waals surface area contributed by atoms with Crippen LogP contribution < -0.4 is 15.5 Å². The Bertz CT molecular complexity index is 1150. The number of fused-ring (bicyclic) bond motifs is 1. The molecule has 0 bridgehead atoms. The van der Waals surface area contributed by atoms with E-state index < -0.39 is 17.6 Å². The molecule has 3 heterocycles. The second kappa shape index (κ2) is 9.51. The van der Waals surface area contributed by atoms with Crippen LogP contribution in [0.15, 0.2) is 18.2 Å². The first-order chi connectivity index (χ1) is 16.9. The Balaban J connectivity index is 1.42. The van der Waals surface area contributed by atoms with Crippen LogP contribution >= 0.6 is 0 Å². The Hall–Kier alpha value is -3.50. The number of aromatic nitrogens is 2. The van der Waals surface area contributed by atoms with Crippen molar-refractivity contribution < 1.29 is 23.9 Å². The van der Waals surface area contributed by atoms with Gasteiger partial charge in [0, 0.05) is 56.3 Å². The number of methoxy groups -OCH3 is 1. The van der Waals surface area contributed by atoms with E-state index in [0.717, 1.165) is 42.5 Å². The Morgan fingerprint density at radius 1 is 1.17 bits per heavy atom. The lowest BCUT2D eigenvalue weighted by Crippen LogP contribution is -2.61. The molecule has 0 radical (unpaired) electrons. The summed E-state index contributed by atoms with van der Waals surface area (Å²) in [7, 11) is 3.12. The van der Waals surface area contributed by atoms with E-state index in [9.17, 15) is 14.4 Å². The van der Waals surface area contributed by atoms with Crippen LogP contribution in [0.2, 0.25) is 0 Å². The van der Waals surface area contributed by atoms with Crippen molar-refractivity contribution in [3.8, 4) is 0 Å². The number of carbonyl (C=O) groups is 3. The smallest absolute Gasteiger partial charge is 0.410 e. The molecule has 11 heteroatoms. The molecule has 0 unspecified atom stereocenters. The lowest BCUT2D eigenvalue weighted by atomic mass is 9.72. The predicted octanol–water partition coefficient (Wildman–Crippen LogP) is 2.86. The molecule has 2 aliphatic heterocycles. The lowest BCUT2D eigenvalue weighted by molar-refractivity contribution is -0.140. The summed E-state index contributed by atoms with van der Waals surface area (Å²) in [6.45, 7) is 9.02. The highest BCUT2D eigenvalue weighted by Crippen LogP contribution is 2.43. The van der Waals surface area contributed by atoms with Crippen LogP contribution in [0.25, 0.3) is 10.9 Å². The maximum Gasteiger partial charge on any atom is 0.410 e. The van der Waals surface area contributed by atoms with Gasteiger partial charge in [-0.2, -0.15) is 5.10 Å². The molecule has 11 nitrogen and oxygen atoms in total. The minimum Gasteiger partial charge on any atom is -0.469 e. The van der Waals surface area contributed by atoms with E-state index in [4.69, 9.17) is 10.5 Å². The number of amides is 3. The summed E-state index contributed by atoms with van der Waals surface area (Å²) < 4.78 is 11.9. The van der Waals surface area contributed by atoms with E-state index in [2.05, 4.69) is 20.8 Å². The van der Waals surface area contributed by atoms with E-state index >= 15 is 0 Å². The first kappa shape index (κ1) is 25.6. The molecule has 2 aliphatic rings. The predicted molar refractivity (Wildman–Crippen MR) is 136 cm³/mol. The number of nitrogens with two attached hydrogens (primary N) is 1. The van der Waals surface area contributed by atoms with Gasteiger partial charge in [0.1, 0.15) is 5.60 Å². The molecular formula is C25H36N6O5. The van der Waals surface area contributed by atoms with Gasteiger partial charge in [0.05, 0.1) is 19.0 Å². The molecule has 0 atom stereocenters. The fourth-order valence-corrected chi connectivity index (χ4v) is 5.00. The van der Waals surface area contributed by atoms with Gasteiger partial charge < -0.3 is 25.0 Å². The molecule has 3 amide bonds. The third-order valence-electron chi connectivity index (χ3n) is 7.00. The molecule has 0 aliphatic carbocycles. The van der Waals surface area contributed by atoms with Crippen LogP contribution in [0.1, 0.15) is 40.0 Å². The van der Waals surface area contributed by atoms with Crippen molar-refractivity contribution >= 4 is 40.5 Å². The van der Waals surface area contributed by atoms with Gasteiger partial charge in [-0.25, -0.2) is 9.59 Å². The molecule has 36 heavy (non-hydrogen) atoms. The van der Waals surface area contributed by atoms with E-state index in [1.807, 2.05) is 44.9 Å². The maximum absolute atomic E-state index is 12.4. The van der Waals surface area contributed by atoms with Gasteiger partial charge in [-0.05, 0) is 51.8 Å². The Morgan fingerprint density at radius 3 is 2.42 bits per heavy atom. The van der Waals surface area contributed by atoms with Crippen LogP contribution in [0.4, 0.5) is 21.1 Å². The summed E-state index contributed by atoms with van der Waals surface area (Å²) in [6, 6.07) is 5.35. The van der Waals surface area contributed by atoms with E-state index in [0.29, 0.717) is 18.9 Å². The second-order valence-electron chi connectivity index (χ2n) is 10.8. The van der Waals surface area contributed by atoms with Gasteiger partial charge in [0.15, 0.2) is 5.82 Å². The van der Waals surface area contributed by atoms with Crippen molar-refractivity contribution in [2.75, 3.05) is 49.6 Å². The average Bonchev–Trinajstić information content (AvgIpc) is 3.11. The number of aryl methyl sites for hydroxylation is 1. The largest absolute Gasteiger partial charge is 0.469 e. The number of anilines is 2. The molecule has 1 spiro atoms. The summed E-state index contributed by atoms with van der Waals surface area (Å²) >= 11 is 0. The van der Waals surface area contributed by atoms with Crippen LogP contribution in [-0.2, 0) is 21.3 Å². The van der Waals surface area contributed by atoms with E-state index in [1.165, 1.54) is 12.0 Å². The molecule has 1 aromatic carbocycles. The highest BCUT2D eigenvalue weighted by atomic mass is 16.6. The Kier molecular flexibility index (Phi) is 6.76. The van der Waals surface area contributed by atoms with Crippen molar-refractivity contribution in [3.05, 3.63) is 18.2 Å². The average molecular weight is 501 g/mol. The summed E-state index contributed by atoms with van der Waals surface area (Å²) in [4.78, 5) is 41.5. The third kappa shape index (κ3) is 5.19. The van der Waals surface area contributed by atoms with Crippen molar-refractivity contribution in [2.45, 2.75) is 45.6 Å². The van der Waals surface area contributed by atoms with Crippen LogP contribution in [0, 0.1) is 5.41 Å². The standard InChI is InChI=1S/C25H36N6O5/c1-24(2,3)36-23(34)29-12-9-25(10-13-29)15-30(16-25)17-6-7-18-19(14-17)28(4)27-21(18)31(22(26)33)11-8-20(32)35-5/h6-7,14H,8-13,15-16H2,1-5H3,(H2,26,33). The summed E-state index contributed by atoms with van der Waals surface area (Å²) in [5.74, 6) is -0.00235. The third-order valence-corrected chi connectivity index (χ3v) is 7.00. The van der Waals surface area contributed by atoms with Crippen LogP contribution in [0.5, 0.6) is 0 Å². The number of primary amides is 1. The van der Waals surface area contributed by atoms with Crippen LogP contribution in [0.3, 0.4) is 0 Å². The molecule has 4 rings (SSSR count). The zero-order valence-electron chi connectivity index (χ0n) is 21.7. The van der Waals surface area contributed by atoms with Gasteiger partial charge in [-0.15, -0.1) is 0 Å². The van der Waals surface area contributed by atoms with Gasteiger partial charge >= 0.3 is 18.1 Å². The SMILES string of the molecule is COC(=O)CCN(C(N)=O)c1nn(C)c2cc(N3CC4(CCN(C(=O)OC(C)(C)C)CC4)C3)ccc12. The number of ether oxygens (including phenoxy) is 2. The summed E-state index contributed by atoms with van der Waals surface area (Å²) in [5.41, 5.74) is 7.26. The zero-order chi connectivity index (χ0) is 26.3. The first-order valence-electron chi connectivity index (χ1n) is 12.2. The number of piperidine rings is 1. The highest BCUT2D eigenvalue weighted by molar-refractivity contribution is 6.01. The number of hydrogen-bond donors (Lipinski definition) is 1. The van der Waals surface area contributed by atoms with Gasteiger partial charge in [-0.3, -0.25) is 14.4 Å². The van der Waals surface area contributed by atoms with Gasteiger partial charge in [-0.1, -0.05) is 0 Å². The Labute approximate surface area is 211 Å². The fraction of sp³-hybridized carbons (Fsp3) is 0.600. The minimum absolute atomic E-state index is 0.0246. The Morgan fingerprint density at radius 2 is 1.83 bits per heavy atom. The van der Waals surface area contributed by atoms with Gasteiger partial charge in [0.2, 0.25) is 0 Å². The minimum atomic E-state index is -0.676. The van der Waals surface area contributed by atoms with Crippen LogP contribution in [-0.4, -0.2) is 78.2 Å². The molecule has 2 aromatic rings. The molecule has 1 aromatic heterocycles. The molecule has 2 saturated heterocycles. The number of hydrogen-bond acceptors (Lipinski definition) is 7. The number of likely N-dealkylation sites (tertiary alicyclic amines) is 1. The second-order valence-corrected chi connectivity index (χ2v) is 10.8. The molecule has 2 N–H and O–H groups in total. The molecule has 2 fully saturated rings. The van der Waals surface area contributed by atoms with Gasteiger partial charge in [0.25, 0.3) is 0 Å². The number of benzene rings is 1. The number of esters is 1. The highest BCUT2D eigenvalue weighted by Gasteiger charge is 2.46. The lowest BCUT2D eigenvalue weighted by Gasteiger charge is -2.55. The number of carbonyl (C=O) groups excluding carboxylic acids is 3. The number of rotatable bonds is 5. The molecular weight excluding hydrogens is 464 g/mol. The summed E-state index contributed by atoms with van der Waals surface area (Å²) in [6.07, 6.45) is 1.70. The summed E-state index contributed by atoms with van der Waals surface area (Å²) in [5, 5.41) is 5.30. The zero-order valence-corrected chi connectivity index (χ0v) is 21.7. The quantitative estimate of drug-likeness (QED) is 0.626. The van der Waals surface area contributed by atoms with E-state index in [-0.39, 0.29) is 24.5 Å². The van der Waals surface area contributed by atoms with Crippen molar-refractivity contribution in [1.29, 1.82) is 0 Å². The normalized spacial score (nSPS) is 17.1. The van der Waals surface area contributed by atoms with Crippen molar-refractivity contribution in [2.24, 2.45) is 18.2 Å². The first-order valence-corrected chi connectivity index (χ1v) is 12.2. The number of urea groups is 1. The molecule has 196 valence electrons. The number of nitrogens with zero attached hydrogens (tertiary/aromatic N) is 5. The molecule has 0 saturated carbocycles. The van der Waals surface area contributed by atoms with Crippen molar-refractivity contribution in [1.82, 2.24) is 14.7 Å². The topological polar surface area (TPSA) is 123 Å².